The van der Waals surface area contributed by atoms with Gasteiger partial charge in [0.05, 0.1) is 6.54 Å². The molecule has 0 saturated heterocycles. The highest BCUT2D eigenvalue weighted by Gasteiger charge is 2.18. The number of hydrogen-bond acceptors (Lipinski definition) is 5. The van der Waals surface area contributed by atoms with E-state index in [4.69, 9.17) is 0 Å². The minimum absolute atomic E-state index is 0.303. The van der Waals surface area contributed by atoms with Gasteiger partial charge in [-0.3, -0.25) is 19.0 Å². The molecule has 7 nitrogen and oxygen atoms in total. The molecule has 0 unspecified atom stereocenters. The molecule has 3 aromatic rings. The number of anilines is 1. The number of hydrogen-bond donors (Lipinski definition) is 2. The number of aromatic nitrogens is 4. The molecule has 0 aliphatic carbocycles. The quantitative estimate of drug-likeness (QED) is 0.745. The van der Waals surface area contributed by atoms with Crippen LogP contribution in [0.3, 0.4) is 0 Å². The van der Waals surface area contributed by atoms with Crippen LogP contribution in [-0.2, 0) is 13.1 Å². The summed E-state index contributed by atoms with van der Waals surface area (Å²) in [5.74, 6) is 0.463. The van der Waals surface area contributed by atoms with E-state index in [2.05, 4.69) is 15.5 Å². The van der Waals surface area contributed by atoms with Crippen LogP contribution in [0.4, 0.5) is 5.82 Å². The van der Waals surface area contributed by atoms with Crippen LogP contribution in [0.1, 0.15) is 18.2 Å². The minimum Gasteiger partial charge on any atom is -0.371 e. The van der Waals surface area contributed by atoms with Crippen LogP contribution in [0.5, 0.6) is 0 Å². The number of H-pyrrole nitrogens is 1. The molecule has 22 heavy (non-hydrogen) atoms. The van der Waals surface area contributed by atoms with Crippen molar-refractivity contribution in [3.05, 3.63) is 43.2 Å². The first-order valence-corrected chi connectivity index (χ1v) is 7.97. The van der Waals surface area contributed by atoms with E-state index in [0.717, 1.165) is 4.88 Å². The molecule has 116 valence electrons. The van der Waals surface area contributed by atoms with E-state index in [9.17, 15) is 9.59 Å². The van der Waals surface area contributed by atoms with Gasteiger partial charge in [-0.2, -0.15) is 5.10 Å². The molecule has 3 rings (SSSR count). The van der Waals surface area contributed by atoms with E-state index < -0.39 is 0 Å². The molecule has 0 aliphatic rings. The monoisotopic (exact) mass is 319 g/mol. The molecule has 0 radical (unpaired) electrons. The molecule has 0 bridgehead atoms. The van der Waals surface area contributed by atoms with Crippen molar-refractivity contribution < 1.29 is 0 Å². The van der Waals surface area contributed by atoms with E-state index in [-0.39, 0.29) is 11.2 Å². The third-order valence-electron chi connectivity index (χ3n) is 3.52. The van der Waals surface area contributed by atoms with Crippen LogP contribution in [0.2, 0.25) is 0 Å². The Hall–Kier alpha value is -2.35. The zero-order valence-electron chi connectivity index (χ0n) is 12.4. The van der Waals surface area contributed by atoms with Gasteiger partial charge < -0.3 is 5.32 Å². The Labute approximate surface area is 130 Å². The van der Waals surface area contributed by atoms with Crippen LogP contribution in [0.25, 0.3) is 11.0 Å². The molecule has 0 amide bonds. The number of thiophene rings is 1. The molecule has 0 aromatic carbocycles. The van der Waals surface area contributed by atoms with Gasteiger partial charge in [-0.25, -0.2) is 4.79 Å². The second-order valence-electron chi connectivity index (χ2n) is 4.95. The highest BCUT2D eigenvalue weighted by molar-refractivity contribution is 7.09. The van der Waals surface area contributed by atoms with E-state index >= 15 is 0 Å². The standard InChI is InChI=1S/C14H17N5O2S/c1-3-6-18-13(20)10-11(15-2)16-17-12(10)19(14(18)21)8-9-5-4-7-22-9/h4-5,7H,3,6,8H2,1-2H3,(H2,15,16,17). The van der Waals surface area contributed by atoms with Crippen LogP contribution >= 0.6 is 11.3 Å². The Kier molecular flexibility index (Phi) is 3.84. The first-order valence-electron chi connectivity index (χ1n) is 7.09. The molecule has 0 spiro atoms. The van der Waals surface area contributed by atoms with Crippen molar-refractivity contribution in [3.63, 3.8) is 0 Å². The van der Waals surface area contributed by atoms with Gasteiger partial charge in [0.2, 0.25) is 0 Å². The molecule has 0 saturated carbocycles. The molecule has 0 fully saturated rings. The third kappa shape index (κ3) is 2.25. The maximum Gasteiger partial charge on any atom is 0.332 e. The zero-order valence-corrected chi connectivity index (χ0v) is 13.2. The third-order valence-corrected chi connectivity index (χ3v) is 4.38. The van der Waals surface area contributed by atoms with Gasteiger partial charge in [-0.05, 0) is 17.9 Å². The van der Waals surface area contributed by atoms with Crippen molar-refractivity contribution >= 4 is 28.2 Å². The fourth-order valence-corrected chi connectivity index (χ4v) is 3.19. The van der Waals surface area contributed by atoms with Gasteiger partial charge in [0, 0.05) is 18.5 Å². The normalized spacial score (nSPS) is 11.2. The Bertz CT molecular complexity index is 904. The van der Waals surface area contributed by atoms with E-state index in [1.54, 1.807) is 23.0 Å². The second kappa shape index (κ2) is 5.80. The molecular weight excluding hydrogens is 302 g/mol. The van der Waals surface area contributed by atoms with Gasteiger partial charge in [0.15, 0.2) is 5.82 Å². The lowest BCUT2D eigenvalue weighted by molar-refractivity contribution is 0.581. The van der Waals surface area contributed by atoms with Crippen molar-refractivity contribution in [2.45, 2.75) is 26.4 Å². The van der Waals surface area contributed by atoms with Gasteiger partial charge >= 0.3 is 5.69 Å². The van der Waals surface area contributed by atoms with Gasteiger partial charge in [-0.1, -0.05) is 13.0 Å². The van der Waals surface area contributed by atoms with Gasteiger partial charge in [0.25, 0.3) is 5.56 Å². The fraction of sp³-hybridized carbons (Fsp3) is 0.357. The SMILES string of the molecule is CCCn1c(=O)c2c(NC)n[nH]c2n(Cc2cccs2)c1=O. The number of rotatable bonds is 5. The Morgan fingerprint density at radius 3 is 2.82 bits per heavy atom. The summed E-state index contributed by atoms with van der Waals surface area (Å²) < 4.78 is 2.86. The van der Waals surface area contributed by atoms with Crippen molar-refractivity contribution in [2.75, 3.05) is 12.4 Å². The van der Waals surface area contributed by atoms with Crippen LogP contribution in [0, 0.1) is 0 Å². The summed E-state index contributed by atoms with van der Waals surface area (Å²) in [6, 6.07) is 3.91. The topological polar surface area (TPSA) is 84.7 Å². The van der Waals surface area contributed by atoms with Gasteiger partial charge in [0.1, 0.15) is 11.0 Å². The van der Waals surface area contributed by atoms with Crippen LogP contribution < -0.4 is 16.6 Å². The number of fused-ring (bicyclic) bond motifs is 1. The van der Waals surface area contributed by atoms with Crippen molar-refractivity contribution in [1.29, 1.82) is 0 Å². The lowest BCUT2D eigenvalue weighted by atomic mass is 10.3. The summed E-state index contributed by atoms with van der Waals surface area (Å²) >= 11 is 1.57. The summed E-state index contributed by atoms with van der Waals surface area (Å²) in [6.45, 7) is 2.75. The van der Waals surface area contributed by atoms with Crippen LogP contribution in [0.15, 0.2) is 27.1 Å². The lowest BCUT2D eigenvalue weighted by Crippen LogP contribution is -2.40. The smallest absolute Gasteiger partial charge is 0.332 e. The predicted molar refractivity (Wildman–Crippen MR) is 87.9 cm³/mol. The van der Waals surface area contributed by atoms with E-state index in [1.165, 1.54) is 4.57 Å². The lowest BCUT2D eigenvalue weighted by Gasteiger charge is -2.10. The molecular formula is C14H17N5O2S. The Balaban J connectivity index is 2.32. The summed E-state index contributed by atoms with van der Waals surface area (Å²) in [5.41, 5.74) is -0.151. The number of aromatic amines is 1. The van der Waals surface area contributed by atoms with E-state index in [1.807, 2.05) is 24.4 Å². The first kappa shape index (κ1) is 14.6. The zero-order chi connectivity index (χ0) is 15.7. The summed E-state index contributed by atoms with van der Waals surface area (Å²) in [7, 11) is 1.70. The first-order chi connectivity index (χ1) is 10.7. The largest absolute Gasteiger partial charge is 0.371 e. The number of nitrogens with one attached hydrogen (secondary N) is 2. The van der Waals surface area contributed by atoms with Crippen LogP contribution in [-0.4, -0.2) is 26.4 Å². The summed E-state index contributed by atoms with van der Waals surface area (Å²) in [5, 5.41) is 12.2. The van der Waals surface area contributed by atoms with Crippen molar-refractivity contribution in [3.8, 4) is 0 Å². The fourth-order valence-electron chi connectivity index (χ4n) is 2.50. The number of nitrogens with zero attached hydrogens (tertiary/aromatic N) is 3. The summed E-state index contributed by atoms with van der Waals surface area (Å²) in [4.78, 5) is 26.3. The molecule has 2 N–H and O–H groups in total. The van der Waals surface area contributed by atoms with Crippen molar-refractivity contribution in [2.24, 2.45) is 0 Å². The molecule has 8 heteroatoms. The molecule has 0 atom stereocenters. The highest BCUT2D eigenvalue weighted by Crippen LogP contribution is 2.17. The Morgan fingerprint density at radius 2 is 2.18 bits per heavy atom. The minimum atomic E-state index is -0.306. The predicted octanol–water partition coefficient (Wildman–Crippen LogP) is 1.45. The Morgan fingerprint density at radius 1 is 1.36 bits per heavy atom. The van der Waals surface area contributed by atoms with Gasteiger partial charge in [-0.15, -0.1) is 11.3 Å². The molecule has 0 aliphatic heterocycles. The second-order valence-corrected chi connectivity index (χ2v) is 5.98. The summed E-state index contributed by atoms with van der Waals surface area (Å²) in [6.07, 6.45) is 0.715. The maximum atomic E-state index is 12.7. The highest BCUT2D eigenvalue weighted by atomic mass is 32.1. The average Bonchev–Trinajstić information content (AvgIpc) is 3.16. The van der Waals surface area contributed by atoms with E-state index in [0.29, 0.717) is 36.4 Å². The average molecular weight is 319 g/mol. The van der Waals surface area contributed by atoms with Crippen molar-refractivity contribution in [1.82, 2.24) is 19.3 Å². The molecule has 3 heterocycles. The molecule has 3 aromatic heterocycles. The maximum absolute atomic E-state index is 12.7.